The zero-order valence-electron chi connectivity index (χ0n) is 11.4. The van der Waals surface area contributed by atoms with Crippen molar-refractivity contribution in [3.05, 3.63) is 47.4 Å². The predicted octanol–water partition coefficient (Wildman–Crippen LogP) is 1.89. The van der Waals surface area contributed by atoms with Crippen molar-refractivity contribution in [2.75, 3.05) is 13.1 Å². The van der Waals surface area contributed by atoms with Gasteiger partial charge >= 0.3 is 0 Å². The summed E-state index contributed by atoms with van der Waals surface area (Å²) in [5.74, 6) is -0.646. The fourth-order valence-corrected chi connectivity index (χ4v) is 1.56. The zero-order valence-corrected chi connectivity index (χ0v) is 11.4. The molecule has 0 aliphatic carbocycles. The fourth-order valence-electron chi connectivity index (χ4n) is 1.56. The molecule has 1 amide bonds. The van der Waals surface area contributed by atoms with Gasteiger partial charge in [-0.2, -0.15) is 5.26 Å². The topological polar surface area (TPSA) is 64.9 Å². The van der Waals surface area contributed by atoms with E-state index in [1.165, 1.54) is 12.3 Å². The number of hydrogen-bond donors (Lipinski definition) is 2. The number of nitrogens with one attached hydrogen (secondary N) is 2. The molecular formula is C15H18FN3O. The molecule has 5 heteroatoms. The summed E-state index contributed by atoms with van der Waals surface area (Å²) in [6, 6.07) is 8.36. The van der Waals surface area contributed by atoms with Crippen molar-refractivity contribution in [2.45, 2.75) is 19.8 Å². The third-order valence-corrected chi connectivity index (χ3v) is 2.64. The predicted molar refractivity (Wildman–Crippen MR) is 75.1 cm³/mol. The minimum atomic E-state index is -0.396. The Bertz CT molecular complexity index is 520. The molecular weight excluding hydrogens is 257 g/mol. The van der Waals surface area contributed by atoms with Crippen LogP contribution in [0.1, 0.15) is 18.9 Å². The Hall–Kier alpha value is -2.35. The molecule has 20 heavy (non-hydrogen) atoms. The van der Waals surface area contributed by atoms with E-state index >= 15 is 0 Å². The van der Waals surface area contributed by atoms with E-state index in [0.717, 1.165) is 6.42 Å². The van der Waals surface area contributed by atoms with Gasteiger partial charge in [0, 0.05) is 19.3 Å². The number of halogens is 1. The van der Waals surface area contributed by atoms with E-state index in [0.29, 0.717) is 25.1 Å². The van der Waals surface area contributed by atoms with Crippen LogP contribution in [0.15, 0.2) is 36.0 Å². The molecule has 4 nitrogen and oxygen atoms in total. The van der Waals surface area contributed by atoms with Crippen LogP contribution in [-0.4, -0.2) is 19.0 Å². The molecule has 0 fully saturated rings. The molecule has 2 N–H and O–H groups in total. The van der Waals surface area contributed by atoms with Gasteiger partial charge in [-0.1, -0.05) is 25.1 Å². The number of benzene rings is 1. The molecule has 0 saturated carbocycles. The third-order valence-electron chi connectivity index (χ3n) is 2.64. The van der Waals surface area contributed by atoms with E-state index in [1.807, 2.05) is 13.0 Å². The highest BCUT2D eigenvalue weighted by Gasteiger charge is 2.07. The van der Waals surface area contributed by atoms with E-state index in [-0.39, 0.29) is 11.4 Å². The number of hydrogen-bond acceptors (Lipinski definition) is 3. The van der Waals surface area contributed by atoms with Gasteiger partial charge in [-0.15, -0.1) is 0 Å². The van der Waals surface area contributed by atoms with E-state index < -0.39 is 5.91 Å². The van der Waals surface area contributed by atoms with Gasteiger partial charge in [0.05, 0.1) is 0 Å². The van der Waals surface area contributed by atoms with Crippen LogP contribution in [0.4, 0.5) is 4.39 Å². The molecule has 0 aliphatic rings. The summed E-state index contributed by atoms with van der Waals surface area (Å²) in [4.78, 5) is 11.5. The van der Waals surface area contributed by atoms with Crippen molar-refractivity contribution in [3.8, 4) is 6.07 Å². The molecule has 0 aromatic heterocycles. The molecule has 0 unspecified atom stereocenters. The summed E-state index contributed by atoms with van der Waals surface area (Å²) in [5.41, 5.74) is 0.620. The lowest BCUT2D eigenvalue weighted by Gasteiger charge is -2.05. The highest BCUT2D eigenvalue weighted by Crippen LogP contribution is 2.06. The minimum Gasteiger partial charge on any atom is -0.389 e. The largest absolute Gasteiger partial charge is 0.389 e. The maximum absolute atomic E-state index is 13.3. The summed E-state index contributed by atoms with van der Waals surface area (Å²) in [6.45, 7) is 2.92. The lowest BCUT2D eigenvalue weighted by molar-refractivity contribution is -0.117. The number of nitrogens with zero attached hydrogens (tertiary/aromatic N) is 1. The summed E-state index contributed by atoms with van der Waals surface area (Å²) in [7, 11) is 0. The first-order valence-electron chi connectivity index (χ1n) is 6.54. The average molecular weight is 275 g/mol. The highest BCUT2D eigenvalue weighted by atomic mass is 19.1. The number of carbonyl (C=O) groups excluding carboxylic acids is 1. The van der Waals surface area contributed by atoms with Gasteiger partial charge in [0.25, 0.3) is 5.91 Å². The van der Waals surface area contributed by atoms with Crippen molar-refractivity contribution in [1.29, 1.82) is 5.26 Å². The SMILES string of the molecule is CCCNC(=O)/C(C#N)=C\NCCc1ccccc1F. The first-order valence-corrected chi connectivity index (χ1v) is 6.54. The number of nitriles is 1. The Morgan fingerprint density at radius 2 is 2.15 bits per heavy atom. The standard InChI is InChI=1S/C15H18FN3O/c1-2-8-19-15(20)13(10-17)11-18-9-7-12-5-3-4-6-14(12)16/h3-6,11,18H,2,7-9H2,1H3,(H,19,20)/b13-11-. The molecule has 0 saturated heterocycles. The smallest absolute Gasteiger partial charge is 0.263 e. The first-order chi connectivity index (χ1) is 9.69. The Morgan fingerprint density at radius 3 is 2.80 bits per heavy atom. The van der Waals surface area contributed by atoms with Crippen LogP contribution in [0, 0.1) is 17.1 Å². The number of amides is 1. The second-order valence-corrected chi connectivity index (χ2v) is 4.22. The molecule has 0 atom stereocenters. The average Bonchev–Trinajstić information content (AvgIpc) is 2.46. The summed E-state index contributed by atoms with van der Waals surface area (Å²) < 4.78 is 13.3. The first kappa shape index (κ1) is 15.7. The maximum atomic E-state index is 13.3. The van der Waals surface area contributed by atoms with E-state index in [2.05, 4.69) is 10.6 Å². The summed E-state index contributed by atoms with van der Waals surface area (Å²) in [5, 5.41) is 14.4. The van der Waals surface area contributed by atoms with E-state index in [9.17, 15) is 9.18 Å². The molecule has 0 radical (unpaired) electrons. The van der Waals surface area contributed by atoms with Crippen molar-refractivity contribution in [2.24, 2.45) is 0 Å². The van der Waals surface area contributed by atoms with Crippen LogP contribution in [-0.2, 0) is 11.2 Å². The van der Waals surface area contributed by atoms with Crippen molar-refractivity contribution >= 4 is 5.91 Å². The zero-order chi connectivity index (χ0) is 14.8. The summed E-state index contributed by atoms with van der Waals surface area (Å²) in [6.07, 6.45) is 2.66. The van der Waals surface area contributed by atoms with Gasteiger partial charge in [-0.05, 0) is 24.5 Å². The van der Waals surface area contributed by atoms with Gasteiger partial charge in [-0.25, -0.2) is 4.39 Å². The molecule has 1 aromatic carbocycles. The quantitative estimate of drug-likeness (QED) is 0.454. The van der Waals surface area contributed by atoms with Crippen LogP contribution >= 0.6 is 0 Å². The third kappa shape index (κ3) is 5.11. The Morgan fingerprint density at radius 1 is 1.40 bits per heavy atom. The lowest BCUT2D eigenvalue weighted by atomic mass is 10.1. The van der Waals surface area contributed by atoms with Gasteiger partial charge in [0.1, 0.15) is 17.5 Å². The molecule has 0 heterocycles. The Labute approximate surface area is 118 Å². The van der Waals surface area contributed by atoms with Gasteiger partial charge < -0.3 is 10.6 Å². The monoisotopic (exact) mass is 275 g/mol. The number of rotatable bonds is 7. The lowest BCUT2D eigenvalue weighted by Crippen LogP contribution is -2.26. The maximum Gasteiger partial charge on any atom is 0.263 e. The van der Waals surface area contributed by atoms with Crippen LogP contribution in [0.5, 0.6) is 0 Å². The normalized spacial score (nSPS) is 10.8. The molecule has 0 spiro atoms. The van der Waals surface area contributed by atoms with Crippen LogP contribution in [0.2, 0.25) is 0 Å². The van der Waals surface area contributed by atoms with Crippen LogP contribution in [0.3, 0.4) is 0 Å². The van der Waals surface area contributed by atoms with Crippen molar-refractivity contribution < 1.29 is 9.18 Å². The van der Waals surface area contributed by atoms with E-state index in [1.54, 1.807) is 18.2 Å². The number of carbonyl (C=O) groups is 1. The highest BCUT2D eigenvalue weighted by molar-refractivity contribution is 5.97. The minimum absolute atomic E-state index is 0.0204. The van der Waals surface area contributed by atoms with Gasteiger partial charge in [0.2, 0.25) is 0 Å². The summed E-state index contributed by atoms with van der Waals surface area (Å²) >= 11 is 0. The van der Waals surface area contributed by atoms with E-state index in [4.69, 9.17) is 5.26 Å². The van der Waals surface area contributed by atoms with Crippen LogP contribution in [0.25, 0.3) is 0 Å². The van der Waals surface area contributed by atoms with Crippen molar-refractivity contribution in [3.63, 3.8) is 0 Å². The van der Waals surface area contributed by atoms with Gasteiger partial charge in [0.15, 0.2) is 0 Å². The molecule has 0 aliphatic heterocycles. The van der Waals surface area contributed by atoms with Gasteiger partial charge in [-0.3, -0.25) is 4.79 Å². The van der Waals surface area contributed by atoms with Crippen molar-refractivity contribution in [1.82, 2.24) is 10.6 Å². The molecule has 1 rings (SSSR count). The Balaban J connectivity index is 2.45. The Kier molecular flexibility index (Phi) is 6.83. The molecule has 0 bridgehead atoms. The second-order valence-electron chi connectivity index (χ2n) is 4.22. The second kappa shape index (κ2) is 8.70. The van der Waals surface area contributed by atoms with Crippen LogP contribution < -0.4 is 10.6 Å². The molecule has 106 valence electrons. The fraction of sp³-hybridized carbons (Fsp3) is 0.333. The molecule has 1 aromatic rings.